The van der Waals surface area contributed by atoms with Gasteiger partial charge in [0.05, 0.1) is 11.9 Å². The van der Waals surface area contributed by atoms with Gasteiger partial charge in [0, 0.05) is 22.7 Å². The predicted octanol–water partition coefficient (Wildman–Crippen LogP) is 5.42. The van der Waals surface area contributed by atoms with Gasteiger partial charge in [0.15, 0.2) is 0 Å². The molecule has 0 aliphatic heterocycles. The van der Waals surface area contributed by atoms with Crippen LogP contribution in [-0.2, 0) is 0 Å². The van der Waals surface area contributed by atoms with E-state index in [0.717, 1.165) is 23.3 Å². The van der Waals surface area contributed by atoms with Crippen LogP contribution in [0.25, 0.3) is 0 Å². The number of benzene rings is 2. The second kappa shape index (κ2) is 6.10. The Hall–Kier alpha value is -1.13. The number of aryl methyl sites for hydroxylation is 1. The molecule has 0 spiro atoms. The molecule has 0 fully saturated rings. The molecule has 0 N–H and O–H groups in total. The molecule has 2 rings (SSSR count). The smallest absolute Gasteiger partial charge is 0.134 e. The number of rotatable bonds is 3. The van der Waals surface area contributed by atoms with E-state index in [0.29, 0.717) is 5.02 Å². The molecule has 5 heteroatoms. The summed E-state index contributed by atoms with van der Waals surface area (Å²) in [6, 6.07) is 7.53. The molecule has 1 nitrogen and oxygen atoms in total. The summed E-state index contributed by atoms with van der Waals surface area (Å²) >= 11 is 9.24. The van der Waals surface area contributed by atoms with Crippen LogP contribution in [0.2, 0.25) is 5.02 Å². The van der Waals surface area contributed by atoms with Gasteiger partial charge >= 0.3 is 0 Å². The molecule has 20 heavy (non-hydrogen) atoms. The van der Waals surface area contributed by atoms with Crippen LogP contribution in [0.1, 0.15) is 21.5 Å². The Labute approximate surface area is 129 Å². The fraction of sp³-hybridized carbons (Fsp3) is 0.200. The highest BCUT2D eigenvalue weighted by atomic mass is 79.9. The van der Waals surface area contributed by atoms with E-state index in [2.05, 4.69) is 15.9 Å². The van der Waals surface area contributed by atoms with Crippen LogP contribution >= 0.6 is 27.5 Å². The highest BCUT2D eigenvalue weighted by molar-refractivity contribution is 9.09. The van der Waals surface area contributed by atoms with Crippen LogP contribution < -0.4 is 4.74 Å². The molecular formula is C15H12BrClF2O. The number of halogens is 4. The van der Waals surface area contributed by atoms with Crippen molar-refractivity contribution in [3.8, 4) is 5.75 Å². The van der Waals surface area contributed by atoms with Gasteiger partial charge in [-0.1, -0.05) is 33.6 Å². The standard InChI is InChI=1S/C15H12BrClF2O/c1-8-5-9(17)3-4-11(8)15(16)14-12(18)6-10(20-2)7-13(14)19/h3-7,15H,1-2H3. The predicted molar refractivity (Wildman–Crippen MR) is 79.9 cm³/mol. The van der Waals surface area contributed by atoms with Crippen LogP contribution in [0.3, 0.4) is 0 Å². The Morgan fingerprint density at radius 3 is 2.25 bits per heavy atom. The third-order valence-electron chi connectivity index (χ3n) is 3.05. The van der Waals surface area contributed by atoms with E-state index < -0.39 is 16.5 Å². The molecule has 0 heterocycles. The van der Waals surface area contributed by atoms with Crippen LogP contribution in [0.4, 0.5) is 8.78 Å². The molecule has 0 saturated heterocycles. The van der Waals surface area contributed by atoms with E-state index in [1.165, 1.54) is 7.11 Å². The topological polar surface area (TPSA) is 9.23 Å². The maximum Gasteiger partial charge on any atom is 0.134 e. The van der Waals surface area contributed by atoms with E-state index in [9.17, 15) is 8.78 Å². The zero-order valence-corrected chi connectivity index (χ0v) is 13.2. The van der Waals surface area contributed by atoms with Crippen molar-refractivity contribution >= 4 is 27.5 Å². The molecule has 0 aromatic heterocycles. The minimum Gasteiger partial charge on any atom is -0.497 e. The third-order valence-corrected chi connectivity index (χ3v) is 4.23. The quantitative estimate of drug-likeness (QED) is 0.663. The molecule has 0 saturated carbocycles. The van der Waals surface area contributed by atoms with Crippen LogP contribution in [-0.4, -0.2) is 7.11 Å². The Bertz CT molecular complexity index is 623. The summed E-state index contributed by atoms with van der Waals surface area (Å²) in [6.45, 7) is 1.84. The summed E-state index contributed by atoms with van der Waals surface area (Å²) in [7, 11) is 1.36. The summed E-state index contributed by atoms with van der Waals surface area (Å²) in [5, 5.41) is 0.585. The van der Waals surface area contributed by atoms with Gasteiger partial charge in [-0.25, -0.2) is 8.78 Å². The minimum absolute atomic E-state index is 0.0452. The van der Waals surface area contributed by atoms with Gasteiger partial charge in [0.1, 0.15) is 17.4 Å². The molecule has 0 aliphatic rings. The van der Waals surface area contributed by atoms with Gasteiger partial charge in [0.25, 0.3) is 0 Å². The number of hydrogen-bond donors (Lipinski definition) is 0. The molecule has 1 unspecified atom stereocenters. The first-order valence-electron chi connectivity index (χ1n) is 5.87. The van der Waals surface area contributed by atoms with Gasteiger partial charge in [-0.3, -0.25) is 0 Å². The molecule has 0 bridgehead atoms. The first-order chi connectivity index (χ1) is 9.43. The van der Waals surface area contributed by atoms with Crippen molar-refractivity contribution in [3.05, 3.63) is 63.7 Å². The Balaban J connectivity index is 2.50. The van der Waals surface area contributed by atoms with Crippen molar-refractivity contribution in [1.29, 1.82) is 0 Å². The largest absolute Gasteiger partial charge is 0.497 e. The highest BCUT2D eigenvalue weighted by Gasteiger charge is 2.22. The SMILES string of the molecule is COc1cc(F)c(C(Br)c2ccc(Cl)cc2C)c(F)c1. The number of hydrogen-bond acceptors (Lipinski definition) is 1. The van der Waals surface area contributed by atoms with Gasteiger partial charge in [-0.15, -0.1) is 0 Å². The Morgan fingerprint density at radius 2 is 1.75 bits per heavy atom. The maximum atomic E-state index is 14.1. The fourth-order valence-electron chi connectivity index (χ4n) is 2.00. The van der Waals surface area contributed by atoms with E-state index in [1.807, 2.05) is 6.92 Å². The number of methoxy groups -OCH3 is 1. The average molecular weight is 362 g/mol. The average Bonchev–Trinajstić information content (AvgIpc) is 2.37. The van der Waals surface area contributed by atoms with Gasteiger partial charge in [0.2, 0.25) is 0 Å². The van der Waals surface area contributed by atoms with Crippen molar-refractivity contribution in [2.45, 2.75) is 11.8 Å². The molecule has 2 aromatic rings. The number of alkyl halides is 1. The van der Waals surface area contributed by atoms with E-state index in [1.54, 1.807) is 18.2 Å². The lowest BCUT2D eigenvalue weighted by molar-refractivity contribution is 0.405. The zero-order valence-electron chi connectivity index (χ0n) is 10.9. The lowest BCUT2D eigenvalue weighted by Gasteiger charge is -2.16. The van der Waals surface area contributed by atoms with E-state index in [4.69, 9.17) is 16.3 Å². The second-order valence-electron chi connectivity index (χ2n) is 4.37. The van der Waals surface area contributed by atoms with Crippen molar-refractivity contribution < 1.29 is 13.5 Å². The lowest BCUT2D eigenvalue weighted by Crippen LogP contribution is -2.03. The first kappa shape index (κ1) is 15.3. The Morgan fingerprint density at radius 1 is 1.15 bits per heavy atom. The lowest BCUT2D eigenvalue weighted by atomic mass is 9.99. The molecule has 106 valence electrons. The maximum absolute atomic E-state index is 14.1. The summed E-state index contributed by atoms with van der Waals surface area (Å²) in [5.41, 5.74) is 1.57. The molecular weight excluding hydrogens is 350 g/mol. The van der Waals surface area contributed by atoms with Crippen LogP contribution in [0.5, 0.6) is 5.75 Å². The third kappa shape index (κ3) is 2.96. The van der Waals surface area contributed by atoms with Crippen LogP contribution in [0, 0.1) is 18.6 Å². The summed E-state index contributed by atoms with van der Waals surface area (Å²) < 4.78 is 33.0. The Kier molecular flexibility index (Phi) is 4.66. The monoisotopic (exact) mass is 360 g/mol. The number of ether oxygens (including phenoxy) is 1. The molecule has 0 amide bonds. The first-order valence-corrected chi connectivity index (χ1v) is 7.16. The normalized spacial score (nSPS) is 12.3. The molecule has 0 radical (unpaired) electrons. The van der Waals surface area contributed by atoms with Crippen molar-refractivity contribution in [3.63, 3.8) is 0 Å². The minimum atomic E-state index is -0.655. The molecule has 2 aromatic carbocycles. The van der Waals surface area contributed by atoms with E-state index in [-0.39, 0.29) is 11.3 Å². The second-order valence-corrected chi connectivity index (χ2v) is 5.72. The highest BCUT2D eigenvalue weighted by Crippen LogP contribution is 2.37. The fourth-order valence-corrected chi connectivity index (χ4v) is 3.18. The molecule has 0 aliphatic carbocycles. The van der Waals surface area contributed by atoms with Gasteiger partial charge in [-0.05, 0) is 30.2 Å². The van der Waals surface area contributed by atoms with Crippen molar-refractivity contribution in [2.75, 3.05) is 7.11 Å². The van der Waals surface area contributed by atoms with Crippen LogP contribution in [0.15, 0.2) is 30.3 Å². The van der Waals surface area contributed by atoms with Crippen molar-refractivity contribution in [2.24, 2.45) is 0 Å². The summed E-state index contributed by atoms with van der Waals surface area (Å²) in [5.74, 6) is -1.16. The van der Waals surface area contributed by atoms with Gasteiger partial charge in [-0.2, -0.15) is 0 Å². The molecule has 1 atom stereocenters. The van der Waals surface area contributed by atoms with E-state index >= 15 is 0 Å². The van der Waals surface area contributed by atoms with Crippen molar-refractivity contribution in [1.82, 2.24) is 0 Å². The zero-order chi connectivity index (χ0) is 14.9. The summed E-state index contributed by atoms with van der Waals surface area (Å²) in [4.78, 5) is -0.592. The van der Waals surface area contributed by atoms with Gasteiger partial charge < -0.3 is 4.74 Å². The summed E-state index contributed by atoms with van der Waals surface area (Å²) in [6.07, 6.45) is 0.